The van der Waals surface area contributed by atoms with E-state index in [1.165, 1.54) is 0 Å². The van der Waals surface area contributed by atoms with Crippen molar-refractivity contribution in [1.29, 1.82) is 0 Å². The summed E-state index contributed by atoms with van der Waals surface area (Å²) >= 11 is 0. The van der Waals surface area contributed by atoms with Crippen LogP contribution in [0.1, 0.15) is 26.2 Å². The molecule has 0 aromatic carbocycles. The van der Waals surface area contributed by atoms with Gasteiger partial charge in [-0.3, -0.25) is 9.69 Å². The third-order valence-electron chi connectivity index (χ3n) is 2.20. The molecule has 0 bridgehead atoms. The second-order valence-electron chi connectivity index (χ2n) is 3.10. The smallest absolute Gasteiger partial charge is 0.234 e. The Morgan fingerprint density at radius 3 is 3.00 bits per heavy atom. The molecule has 0 spiro atoms. The maximum atomic E-state index is 10.9. The molecular formula is C8H16N2O. The van der Waals surface area contributed by atoms with E-state index in [0.717, 1.165) is 32.4 Å². The largest absolute Gasteiger partial charge is 0.368 e. The third kappa shape index (κ3) is 1.93. The number of hydrogen-bond donors (Lipinski definition) is 1. The molecule has 0 aromatic rings. The summed E-state index contributed by atoms with van der Waals surface area (Å²) in [6, 6.07) is 0.0231. The molecule has 3 nitrogen and oxygen atoms in total. The molecule has 1 aliphatic heterocycles. The average molecular weight is 156 g/mol. The van der Waals surface area contributed by atoms with Crippen molar-refractivity contribution < 1.29 is 4.79 Å². The predicted octanol–water partition coefficient (Wildman–Crippen LogP) is 0.346. The predicted molar refractivity (Wildman–Crippen MR) is 44.1 cm³/mol. The van der Waals surface area contributed by atoms with E-state index in [1.54, 1.807) is 0 Å². The maximum Gasteiger partial charge on any atom is 0.234 e. The molecule has 0 radical (unpaired) electrons. The lowest BCUT2D eigenvalue weighted by atomic mass is 10.2. The van der Waals surface area contributed by atoms with Gasteiger partial charge in [-0.15, -0.1) is 0 Å². The molecule has 1 aliphatic rings. The molecule has 0 aromatic heterocycles. The SMILES string of the molecule is CCCN1CCC[C@H]1C(N)=O. The zero-order chi connectivity index (χ0) is 8.27. The highest BCUT2D eigenvalue weighted by Crippen LogP contribution is 2.16. The Balaban J connectivity index is 2.44. The first kappa shape index (κ1) is 8.53. The van der Waals surface area contributed by atoms with Crippen molar-refractivity contribution in [2.24, 2.45) is 5.73 Å². The molecule has 0 saturated carbocycles. The molecule has 1 rings (SSSR count). The standard InChI is InChI=1S/C8H16N2O/c1-2-5-10-6-3-4-7(10)8(9)11/h7H,2-6H2,1H3,(H2,9,11)/t7-/m0/s1. The Bertz CT molecular complexity index is 147. The number of primary amides is 1. The molecule has 1 heterocycles. The fourth-order valence-electron chi connectivity index (χ4n) is 1.70. The number of hydrogen-bond acceptors (Lipinski definition) is 2. The van der Waals surface area contributed by atoms with E-state index in [0.29, 0.717) is 0 Å². The van der Waals surface area contributed by atoms with Crippen LogP contribution in [0.25, 0.3) is 0 Å². The molecule has 1 atom stereocenters. The lowest BCUT2D eigenvalue weighted by Crippen LogP contribution is -2.40. The third-order valence-corrected chi connectivity index (χ3v) is 2.20. The summed E-state index contributed by atoms with van der Waals surface area (Å²) < 4.78 is 0. The second-order valence-corrected chi connectivity index (χ2v) is 3.10. The van der Waals surface area contributed by atoms with Crippen LogP contribution >= 0.6 is 0 Å². The van der Waals surface area contributed by atoms with Gasteiger partial charge in [0, 0.05) is 0 Å². The molecule has 1 saturated heterocycles. The number of amides is 1. The summed E-state index contributed by atoms with van der Waals surface area (Å²) in [6.07, 6.45) is 3.17. The summed E-state index contributed by atoms with van der Waals surface area (Å²) in [5, 5.41) is 0. The topological polar surface area (TPSA) is 46.3 Å². The summed E-state index contributed by atoms with van der Waals surface area (Å²) in [6.45, 7) is 4.17. The molecule has 0 unspecified atom stereocenters. The number of carbonyl (C=O) groups is 1. The molecule has 3 heteroatoms. The van der Waals surface area contributed by atoms with E-state index in [9.17, 15) is 4.79 Å². The fourth-order valence-corrected chi connectivity index (χ4v) is 1.70. The summed E-state index contributed by atoms with van der Waals surface area (Å²) in [5.74, 6) is -0.157. The Hall–Kier alpha value is -0.570. The van der Waals surface area contributed by atoms with E-state index in [-0.39, 0.29) is 11.9 Å². The van der Waals surface area contributed by atoms with Crippen molar-refractivity contribution in [1.82, 2.24) is 4.90 Å². The van der Waals surface area contributed by atoms with Crippen molar-refractivity contribution in [2.45, 2.75) is 32.2 Å². The van der Waals surface area contributed by atoms with Gasteiger partial charge in [-0.05, 0) is 32.4 Å². The normalized spacial score (nSPS) is 25.7. The van der Waals surface area contributed by atoms with Crippen LogP contribution in [0.15, 0.2) is 0 Å². The highest BCUT2D eigenvalue weighted by molar-refractivity contribution is 5.80. The van der Waals surface area contributed by atoms with E-state index in [2.05, 4.69) is 11.8 Å². The van der Waals surface area contributed by atoms with E-state index >= 15 is 0 Å². The van der Waals surface area contributed by atoms with Crippen molar-refractivity contribution in [3.05, 3.63) is 0 Å². The quantitative estimate of drug-likeness (QED) is 0.640. The van der Waals surface area contributed by atoms with Gasteiger partial charge in [-0.1, -0.05) is 6.92 Å². The minimum Gasteiger partial charge on any atom is -0.368 e. The van der Waals surface area contributed by atoms with Gasteiger partial charge >= 0.3 is 0 Å². The maximum absolute atomic E-state index is 10.9. The first-order valence-corrected chi connectivity index (χ1v) is 4.29. The molecule has 64 valence electrons. The van der Waals surface area contributed by atoms with Crippen LogP contribution in [-0.2, 0) is 4.79 Å². The molecule has 1 fully saturated rings. The fraction of sp³-hybridized carbons (Fsp3) is 0.875. The minimum absolute atomic E-state index is 0.0231. The van der Waals surface area contributed by atoms with Crippen molar-refractivity contribution in [2.75, 3.05) is 13.1 Å². The first-order valence-electron chi connectivity index (χ1n) is 4.29. The lowest BCUT2D eigenvalue weighted by Gasteiger charge is -2.20. The van der Waals surface area contributed by atoms with Gasteiger partial charge < -0.3 is 5.73 Å². The van der Waals surface area contributed by atoms with Gasteiger partial charge in [0.1, 0.15) is 0 Å². The Morgan fingerprint density at radius 2 is 2.45 bits per heavy atom. The molecule has 2 N–H and O–H groups in total. The summed E-state index contributed by atoms with van der Waals surface area (Å²) in [4.78, 5) is 13.1. The number of likely N-dealkylation sites (tertiary alicyclic amines) is 1. The summed E-state index contributed by atoms with van der Waals surface area (Å²) in [5.41, 5.74) is 5.24. The van der Waals surface area contributed by atoms with Gasteiger partial charge in [-0.2, -0.15) is 0 Å². The van der Waals surface area contributed by atoms with Crippen LogP contribution < -0.4 is 5.73 Å². The van der Waals surface area contributed by atoms with Gasteiger partial charge in [0.05, 0.1) is 6.04 Å². The van der Waals surface area contributed by atoms with Gasteiger partial charge in [0.25, 0.3) is 0 Å². The van der Waals surface area contributed by atoms with Crippen molar-refractivity contribution >= 4 is 5.91 Å². The molecule has 0 aliphatic carbocycles. The van der Waals surface area contributed by atoms with E-state index in [1.807, 2.05) is 0 Å². The van der Waals surface area contributed by atoms with Gasteiger partial charge in [0.15, 0.2) is 0 Å². The average Bonchev–Trinajstić information content (AvgIpc) is 2.36. The van der Waals surface area contributed by atoms with Gasteiger partial charge in [0.2, 0.25) is 5.91 Å². The Labute approximate surface area is 67.5 Å². The number of nitrogens with two attached hydrogens (primary N) is 1. The molecule has 11 heavy (non-hydrogen) atoms. The van der Waals surface area contributed by atoms with Crippen molar-refractivity contribution in [3.63, 3.8) is 0 Å². The first-order chi connectivity index (χ1) is 5.25. The van der Waals surface area contributed by atoms with Crippen LogP contribution in [0.4, 0.5) is 0 Å². The minimum atomic E-state index is -0.157. The number of rotatable bonds is 3. The van der Waals surface area contributed by atoms with Crippen LogP contribution in [0.3, 0.4) is 0 Å². The lowest BCUT2D eigenvalue weighted by molar-refractivity contribution is -0.122. The Morgan fingerprint density at radius 1 is 1.73 bits per heavy atom. The van der Waals surface area contributed by atoms with Gasteiger partial charge in [-0.25, -0.2) is 0 Å². The molecule has 1 amide bonds. The summed E-state index contributed by atoms with van der Waals surface area (Å²) in [7, 11) is 0. The highest BCUT2D eigenvalue weighted by atomic mass is 16.1. The zero-order valence-electron chi connectivity index (χ0n) is 7.05. The zero-order valence-corrected chi connectivity index (χ0v) is 7.05. The second kappa shape index (κ2) is 3.72. The number of carbonyl (C=O) groups excluding carboxylic acids is 1. The monoisotopic (exact) mass is 156 g/mol. The van der Waals surface area contributed by atoms with E-state index < -0.39 is 0 Å². The van der Waals surface area contributed by atoms with Crippen LogP contribution in [-0.4, -0.2) is 29.9 Å². The van der Waals surface area contributed by atoms with Crippen molar-refractivity contribution in [3.8, 4) is 0 Å². The Kier molecular flexibility index (Phi) is 2.88. The molecular weight excluding hydrogens is 140 g/mol. The van der Waals surface area contributed by atoms with E-state index in [4.69, 9.17) is 5.73 Å². The van der Waals surface area contributed by atoms with Crippen LogP contribution in [0, 0.1) is 0 Å². The number of nitrogens with zero attached hydrogens (tertiary/aromatic N) is 1. The van der Waals surface area contributed by atoms with Crippen LogP contribution in [0.2, 0.25) is 0 Å². The van der Waals surface area contributed by atoms with Crippen LogP contribution in [0.5, 0.6) is 0 Å². The highest BCUT2D eigenvalue weighted by Gasteiger charge is 2.27.